The molecule has 2 amide bonds. The van der Waals surface area contributed by atoms with Gasteiger partial charge >= 0.3 is 6.03 Å². The van der Waals surface area contributed by atoms with Crippen LogP contribution < -0.4 is 15.4 Å². The Bertz CT molecular complexity index is 459. The standard InChI is InChI=1S/C16H24N2O3/c1-12(11-20-2)17-16(19)18-14-9-5-6-10-15(14)21-13-7-3-4-8-13/h5-6,9-10,12-13H,3-4,7-8,11H2,1-2H3,(H2,17,18,19). The number of urea groups is 1. The van der Waals surface area contributed by atoms with Crippen LogP contribution in [0.15, 0.2) is 24.3 Å². The van der Waals surface area contributed by atoms with E-state index in [1.165, 1.54) is 12.8 Å². The number of nitrogens with one attached hydrogen (secondary N) is 2. The second-order valence-corrected chi connectivity index (χ2v) is 5.48. The maximum absolute atomic E-state index is 12.0. The summed E-state index contributed by atoms with van der Waals surface area (Å²) in [5, 5.41) is 5.66. The molecular formula is C16H24N2O3. The maximum atomic E-state index is 12.0. The van der Waals surface area contributed by atoms with Gasteiger partial charge in [-0.05, 0) is 44.7 Å². The molecule has 0 bridgehead atoms. The van der Waals surface area contributed by atoms with Crippen LogP contribution in [0, 0.1) is 0 Å². The first-order chi connectivity index (χ1) is 10.2. The first-order valence-electron chi connectivity index (χ1n) is 7.51. The van der Waals surface area contributed by atoms with Gasteiger partial charge in [0.25, 0.3) is 0 Å². The highest BCUT2D eigenvalue weighted by Gasteiger charge is 2.18. The lowest BCUT2D eigenvalue weighted by atomic mass is 10.2. The van der Waals surface area contributed by atoms with E-state index in [1.807, 2.05) is 31.2 Å². The van der Waals surface area contributed by atoms with Crippen LogP contribution in [0.5, 0.6) is 5.75 Å². The molecule has 5 nitrogen and oxygen atoms in total. The molecule has 1 fully saturated rings. The molecule has 5 heteroatoms. The number of benzene rings is 1. The fourth-order valence-electron chi connectivity index (χ4n) is 2.53. The minimum Gasteiger partial charge on any atom is -0.488 e. The van der Waals surface area contributed by atoms with Gasteiger partial charge in [-0.15, -0.1) is 0 Å². The van der Waals surface area contributed by atoms with E-state index in [9.17, 15) is 4.79 Å². The van der Waals surface area contributed by atoms with Gasteiger partial charge in [-0.3, -0.25) is 0 Å². The number of rotatable bonds is 6. The summed E-state index contributed by atoms with van der Waals surface area (Å²) in [6.45, 7) is 2.37. The van der Waals surface area contributed by atoms with Crippen LogP contribution in [0.2, 0.25) is 0 Å². The van der Waals surface area contributed by atoms with Gasteiger partial charge in [-0.2, -0.15) is 0 Å². The van der Waals surface area contributed by atoms with Gasteiger partial charge in [-0.25, -0.2) is 4.79 Å². The number of hydrogen-bond acceptors (Lipinski definition) is 3. The first kappa shape index (κ1) is 15.6. The van der Waals surface area contributed by atoms with Crippen molar-refractivity contribution in [2.24, 2.45) is 0 Å². The monoisotopic (exact) mass is 292 g/mol. The van der Waals surface area contributed by atoms with Crippen molar-refractivity contribution in [1.82, 2.24) is 5.32 Å². The Labute approximate surface area is 126 Å². The highest BCUT2D eigenvalue weighted by atomic mass is 16.5. The molecule has 1 aromatic carbocycles. The number of hydrogen-bond donors (Lipinski definition) is 2. The average Bonchev–Trinajstić information content (AvgIpc) is 2.94. The van der Waals surface area contributed by atoms with Gasteiger partial charge in [0.05, 0.1) is 24.4 Å². The van der Waals surface area contributed by atoms with Crippen LogP contribution in [0.1, 0.15) is 32.6 Å². The molecule has 1 aromatic rings. The van der Waals surface area contributed by atoms with E-state index in [0.29, 0.717) is 12.3 Å². The number of ether oxygens (including phenoxy) is 2. The van der Waals surface area contributed by atoms with Gasteiger partial charge in [0, 0.05) is 7.11 Å². The number of amides is 2. The lowest BCUT2D eigenvalue weighted by Gasteiger charge is -2.18. The molecule has 1 aliphatic carbocycles. The zero-order valence-electron chi connectivity index (χ0n) is 12.7. The molecule has 116 valence electrons. The third-order valence-electron chi connectivity index (χ3n) is 3.53. The average molecular weight is 292 g/mol. The Hall–Kier alpha value is -1.75. The molecule has 1 unspecified atom stereocenters. The molecule has 0 spiro atoms. The molecule has 0 aromatic heterocycles. The lowest BCUT2D eigenvalue weighted by Crippen LogP contribution is -2.38. The molecule has 2 N–H and O–H groups in total. The van der Waals surface area contributed by atoms with Crippen molar-refractivity contribution in [1.29, 1.82) is 0 Å². The van der Waals surface area contributed by atoms with E-state index in [2.05, 4.69) is 10.6 Å². The van der Waals surface area contributed by atoms with Crippen molar-refractivity contribution >= 4 is 11.7 Å². The number of methoxy groups -OCH3 is 1. The fourth-order valence-corrected chi connectivity index (χ4v) is 2.53. The smallest absolute Gasteiger partial charge is 0.319 e. The zero-order valence-corrected chi connectivity index (χ0v) is 12.7. The molecule has 1 saturated carbocycles. The van der Waals surface area contributed by atoms with Crippen LogP contribution in [-0.4, -0.2) is 31.9 Å². The quantitative estimate of drug-likeness (QED) is 0.846. The van der Waals surface area contributed by atoms with Crippen molar-refractivity contribution < 1.29 is 14.3 Å². The summed E-state index contributed by atoms with van der Waals surface area (Å²) in [6.07, 6.45) is 4.88. The molecule has 21 heavy (non-hydrogen) atoms. The van der Waals surface area contributed by atoms with Gasteiger partial charge < -0.3 is 20.1 Å². The Balaban J connectivity index is 1.94. The van der Waals surface area contributed by atoms with Crippen molar-refractivity contribution in [3.8, 4) is 5.75 Å². The second-order valence-electron chi connectivity index (χ2n) is 5.48. The third-order valence-corrected chi connectivity index (χ3v) is 3.53. The van der Waals surface area contributed by atoms with E-state index in [4.69, 9.17) is 9.47 Å². The van der Waals surface area contributed by atoms with E-state index >= 15 is 0 Å². The normalized spacial score (nSPS) is 16.5. The summed E-state index contributed by atoms with van der Waals surface area (Å²) < 4.78 is 11.0. The summed E-state index contributed by atoms with van der Waals surface area (Å²) in [7, 11) is 1.61. The Morgan fingerprint density at radius 3 is 2.76 bits per heavy atom. The van der Waals surface area contributed by atoms with Crippen molar-refractivity contribution in [3.05, 3.63) is 24.3 Å². The molecule has 0 heterocycles. The maximum Gasteiger partial charge on any atom is 0.319 e. The highest BCUT2D eigenvalue weighted by molar-refractivity contribution is 5.91. The van der Waals surface area contributed by atoms with Gasteiger partial charge in [0.2, 0.25) is 0 Å². The summed E-state index contributed by atoms with van der Waals surface area (Å²) >= 11 is 0. The summed E-state index contributed by atoms with van der Waals surface area (Å²) in [5.74, 6) is 0.735. The van der Waals surface area contributed by atoms with Crippen LogP contribution in [0.4, 0.5) is 10.5 Å². The fraction of sp³-hybridized carbons (Fsp3) is 0.562. The van der Waals surface area contributed by atoms with Crippen LogP contribution in [0.3, 0.4) is 0 Å². The van der Waals surface area contributed by atoms with Crippen molar-refractivity contribution in [2.75, 3.05) is 19.0 Å². The molecule has 0 aliphatic heterocycles. The van der Waals surface area contributed by atoms with E-state index in [-0.39, 0.29) is 18.2 Å². The number of anilines is 1. The van der Waals surface area contributed by atoms with Crippen LogP contribution >= 0.6 is 0 Å². The lowest BCUT2D eigenvalue weighted by molar-refractivity contribution is 0.173. The predicted octanol–water partition coefficient (Wildman–Crippen LogP) is 3.16. The third kappa shape index (κ3) is 4.93. The first-order valence-corrected chi connectivity index (χ1v) is 7.51. The SMILES string of the molecule is COCC(C)NC(=O)Nc1ccccc1OC1CCCC1. The topological polar surface area (TPSA) is 59.6 Å². The van der Waals surface area contributed by atoms with Crippen LogP contribution in [-0.2, 0) is 4.74 Å². The van der Waals surface area contributed by atoms with Gasteiger partial charge in [-0.1, -0.05) is 12.1 Å². The van der Waals surface area contributed by atoms with Gasteiger partial charge in [0.1, 0.15) is 5.75 Å². The van der Waals surface area contributed by atoms with Crippen molar-refractivity contribution in [2.45, 2.75) is 44.8 Å². The molecule has 0 saturated heterocycles. The zero-order chi connectivity index (χ0) is 15.1. The molecular weight excluding hydrogens is 268 g/mol. The predicted molar refractivity (Wildman–Crippen MR) is 82.8 cm³/mol. The minimum atomic E-state index is -0.248. The van der Waals surface area contributed by atoms with E-state index in [1.54, 1.807) is 7.11 Å². The second kappa shape index (κ2) is 7.88. The Kier molecular flexibility index (Phi) is 5.87. The largest absolute Gasteiger partial charge is 0.488 e. The molecule has 1 atom stereocenters. The minimum absolute atomic E-state index is 0.0436. The number of para-hydroxylation sites is 2. The Morgan fingerprint density at radius 2 is 2.05 bits per heavy atom. The van der Waals surface area contributed by atoms with E-state index in [0.717, 1.165) is 18.6 Å². The van der Waals surface area contributed by atoms with Gasteiger partial charge in [0.15, 0.2) is 0 Å². The van der Waals surface area contributed by atoms with Crippen LogP contribution in [0.25, 0.3) is 0 Å². The Morgan fingerprint density at radius 1 is 1.33 bits per heavy atom. The number of carbonyl (C=O) groups excluding carboxylic acids is 1. The molecule has 0 radical (unpaired) electrons. The molecule has 2 rings (SSSR count). The van der Waals surface area contributed by atoms with Crippen molar-refractivity contribution in [3.63, 3.8) is 0 Å². The highest BCUT2D eigenvalue weighted by Crippen LogP contribution is 2.29. The summed E-state index contributed by atoms with van der Waals surface area (Å²) in [5.41, 5.74) is 0.700. The molecule has 1 aliphatic rings. The van der Waals surface area contributed by atoms with E-state index < -0.39 is 0 Å². The summed E-state index contributed by atoms with van der Waals surface area (Å²) in [4.78, 5) is 12.0. The summed E-state index contributed by atoms with van der Waals surface area (Å²) in [6, 6.07) is 7.26. The number of carbonyl (C=O) groups is 1.